The summed E-state index contributed by atoms with van der Waals surface area (Å²) >= 11 is 0. The molecule has 27 heavy (non-hydrogen) atoms. The van der Waals surface area contributed by atoms with Crippen molar-refractivity contribution in [2.24, 2.45) is 0 Å². The molecule has 2 aromatic rings. The number of hydrogen-bond acceptors (Lipinski definition) is 6. The van der Waals surface area contributed by atoms with Crippen molar-refractivity contribution in [1.29, 1.82) is 0 Å². The molecule has 144 valence electrons. The van der Waals surface area contributed by atoms with Crippen molar-refractivity contribution in [3.8, 4) is 17.2 Å². The maximum atomic E-state index is 12.3. The lowest BCUT2D eigenvalue weighted by atomic mass is 10.2. The summed E-state index contributed by atoms with van der Waals surface area (Å²) in [5.74, 6) is 0.333. The van der Waals surface area contributed by atoms with Crippen LogP contribution in [0.25, 0.3) is 0 Å². The van der Waals surface area contributed by atoms with Gasteiger partial charge in [0.1, 0.15) is 22.8 Å². The molecule has 1 amide bonds. The van der Waals surface area contributed by atoms with E-state index in [0.717, 1.165) is 6.42 Å². The van der Waals surface area contributed by atoms with E-state index in [9.17, 15) is 9.59 Å². The number of anilines is 1. The molecular weight excluding hydrogens is 350 g/mol. The first-order valence-electron chi connectivity index (χ1n) is 8.49. The van der Waals surface area contributed by atoms with E-state index in [1.54, 1.807) is 24.3 Å². The van der Waals surface area contributed by atoms with E-state index < -0.39 is 5.97 Å². The average Bonchev–Trinajstić information content (AvgIpc) is 2.70. The van der Waals surface area contributed by atoms with Crippen LogP contribution >= 0.6 is 0 Å². The average molecular weight is 373 g/mol. The number of hydrogen-bond donors (Lipinski definition) is 1. The van der Waals surface area contributed by atoms with E-state index in [1.165, 1.54) is 26.4 Å². The molecular formula is C20H23NO6. The van der Waals surface area contributed by atoms with Gasteiger partial charge in [-0.1, -0.05) is 19.1 Å². The molecule has 0 saturated heterocycles. The minimum atomic E-state index is -0.564. The van der Waals surface area contributed by atoms with Gasteiger partial charge in [0.15, 0.2) is 6.61 Å². The van der Waals surface area contributed by atoms with Crippen LogP contribution in [0.15, 0.2) is 42.5 Å². The third-order valence-electron chi connectivity index (χ3n) is 3.58. The fraction of sp³-hybridized carbons (Fsp3) is 0.300. The normalized spacial score (nSPS) is 10.0. The Balaban J connectivity index is 2.07. The monoisotopic (exact) mass is 373 g/mol. The molecule has 0 spiro atoms. The minimum Gasteiger partial charge on any atom is -0.497 e. The smallest absolute Gasteiger partial charge is 0.341 e. The second-order valence-electron chi connectivity index (χ2n) is 5.54. The molecule has 0 aromatic heterocycles. The highest BCUT2D eigenvalue weighted by molar-refractivity contribution is 5.94. The van der Waals surface area contributed by atoms with Crippen molar-refractivity contribution >= 4 is 17.6 Å². The summed E-state index contributed by atoms with van der Waals surface area (Å²) in [6.07, 6.45) is 0.859. The van der Waals surface area contributed by atoms with Gasteiger partial charge in [-0.05, 0) is 30.7 Å². The number of carbonyl (C=O) groups is 2. The number of nitrogens with one attached hydrogen (secondary N) is 1. The third kappa shape index (κ3) is 5.64. The fourth-order valence-corrected chi connectivity index (χ4v) is 2.27. The lowest BCUT2D eigenvalue weighted by Gasteiger charge is -2.14. The van der Waals surface area contributed by atoms with E-state index in [4.69, 9.17) is 18.9 Å². The van der Waals surface area contributed by atoms with E-state index in [-0.39, 0.29) is 23.8 Å². The lowest BCUT2D eigenvalue weighted by molar-refractivity contribution is -0.118. The zero-order valence-electron chi connectivity index (χ0n) is 15.6. The molecule has 7 nitrogen and oxygen atoms in total. The molecule has 0 heterocycles. The van der Waals surface area contributed by atoms with Crippen LogP contribution in [0, 0.1) is 0 Å². The van der Waals surface area contributed by atoms with Gasteiger partial charge >= 0.3 is 5.97 Å². The Morgan fingerprint density at radius 2 is 1.78 bits per heavy atom. The van der Waals surface area contributed by atoms with Crippen LogP contribution in [-0.2, 0) is 9.53 Å². The standard InChI is InChI=1S/C20H23NO6/c1-4-11-26-17-8-6-5-7-16(17)21-19(22)13-27-18-12-14(24-2)9-10-15(18)20(23)25-3/h5-10,12H,4,11,13H2,1-3H3,(H,21,22). The van der Waals surface area contributed by atoms with Gasteiger partial charge in [-0.2, -0.15) is 0 Å². The molecule has 2 rings (SSSR count). The number of methoxy groups -OCH3 is 2. The number of esters is 1. The quantitative estimate of drug-likeness (QED) is 0.679. The van der Waals surface area contributed by atoms with Gasteiger partial charge < -0.3 is 24.3 Å². The van der Waals surface area contributed by atoms with Crippen LogP contribution in [0.4, 0.5) is 5.69 Å². The lowest BCUT2D eigenvalue weighted by Crippen LogP contribution is -2.21. The van der Waals surface area contributed by atoms with Gasteiger partial charge in [0.2, 0.25) is 0 Å². The van der Waals surface area contributed by atoms with Crippen molar-refractivity contribution in [2.45, 2.75) is 13.3 Å². The second kappa shape index (κ2) is 10.1. The molecule has 0 fully saturated rings. The van der Waals surface area contributed by atoms with Gasteiger partial charge in [0.05, 0.1) is 26.5 Å². The molecule has 0 saturated carbocycles. The van der Waals surface area contributed by atoms with Gasteiger partial charge in [0, 0.05) is 6.07 Å². The van der Waals surface area contributed by atoms with Gasteiger partial charge in [-0.25, -0.2) is 4.79 Å². The number of rotatable bonds is 9. The van der Waals surface area contributed by atoms with Crippen molar-refractivity contribution in [3.63, 3.8) is 0 Å². The number of amides is 1. The summed E-state index contributed by atoms with van der Waals surface area (Å²) in [5, 5.41) is 2.74. The van der Waals surface area contributed by atoms with E-state index in [0.29, 0.717) is 23.8 Å². The summed E-state index contributed by atoms with van der Waals surface area (Å²) < 4.78 is 21.0. The predicted octanol–water partition coefficient (Wildman–Crippen LogP) is 3.29. The third-order valence-corrected chi connectivity index (χ3v) is 3.58. The summed E-state index contributed by atoms with van der Waals surface area (Å²) in [6, 6.07) is 11.8. The fourth-order valence-electron chi connectivity index (χ4n) is 2.27. The predicted molar refractivity (Wildman–Crippen MR) is 101 cm³/mol. The first-order valence-corrected chi connectivity index (χ1v) is 8.49. The van der Waals surface area contributed by atoms with E-state index in [2.05, 4.69) is 5.32 Å². The van der Waals surface area contributed by atoms with Crippen molar-refractivity contribution in [1.82, 2.24) is 0 Å². The number of carbonyl (C=O) groups excluding carboxylic acids is 2. The molecule has 0 bridgehead atoms. The van der Waals surface area contributed by atoms with Crippen LogP contribution in [0.2, 0.25) is 0 Å². The van der Waals surface area contributed by atoms with Crippen molar-refractivity contribution < 1.29 is 28.5 Å². The summed E-state index contributed by atoms with van der Waals surface area (Å²) in [7, 11) is 2.77. The van der Waals surface area contributed by atoms with Gasteiger partial charge in [-0.3, -0.25) is 4.79 Å². The molecule has 0 unspecified atom stereocenters. The van der Waals surface area contributed by atoms with Crippen LogP contribution in [-0.4, -0.2) is 39.3 Å². The molecule has 0 aliphatic carbocycles. The second-order valence-corrected chi connectivity index (χ2v) is 5.54. The number of benzene rings is 2. The Kier molecular flexibility index (Phi) is 7.49. The molecule has 1 N–H and O–H groups in total. The van der Waals surface area contributed by atoms with Crippen molar-refractivity contribution in [3.05, 3.63) is 48.0 Å². The van der Waals surface area contributed by atoms with Crippen LogP contribution in [0.3, 0.4) is 0 Å². The highest BCUT2D eigenvalue weighted by Gasteiger charge is 2.16. The zero-order valence-corrected chi connectivity index (χ0v) is 15.6. The summed E-state index contributed by atoms with van der Waals surface area (Å²) in [5.41, 5.74) is 0.760. The molecule has 0 atom stereocenters. The zero-order chi connectivity index (χ0) is 19.6. The van der Waals surface area contributed by atoms with Crippen molar-refractivity contribution in [2.75, 3.05) is 32.8 Å². The minimum absolute atomic E-state index is 0.201. The molecule has 0 aliphatic heterocycles. The maximum Gasteiger partial charge on any atom is 0.341 e. The van der Waals surface area contributed by atoms with Gasteiger partial charge in [0.25, 0.3) is 5.91 Å². The van der Waals surface area contributed by atoms with Gasteiger partial charge in [-0.15, -0.1) is 0 Å². The first-order chi connectivity index (χ1) is 13.1. The number of ether oxygens (including phenoxy) is 4. The Labute approximate surface area is 158 Å². The Hall–Kier alpha value is -3.22. The molecule has 0 aliphatic rings. The first kappa shape index (κ1) is 20.1. The van der Waals surface area contributed by atoms with Crippen LogP contribution in [0.5, 0.6) is 17.2 Å². The van der Waals surface area contributed by atoms with Crippen LogP contribution in [0.1, 0.15) is 23.7 Å². The van der Waals surface area contributed by atoms with E-state index in [1.807, 2.05) is 13.0 Å². The number of para-hydroxylation sites is 2. The summed E-state index contributed by atoms with van der Waals surface area (Å²) in [4.78, 5) is 24.1. The topological polar surface area (TPSA) is 83.1 Å². The molecule has 2 aromatic carbocycles. The Morgan fingerprint density at radius 1 is 1.00 bits per heavy atom. The molecule has 0 radical (unpaired) electrons. The summed E-state index contributed by atoms with van der Waals surface area (Å²) in [6.45, 7) is 2.26. The largest absolute Gasteiger partial charge is 0.497 e. The molecule has 7 heteroatoms. The Bertz CT molecular complexity index is 790. The van der Waals surface area contributed by atoms with E-state index >= 15 is 0 Å². The highest BCUT2D eigenvalue weighted by Crippen LogP contribution is 2.26. The Morgan fingerprint density at radius 3 is 2.48 bits per heavy atom. The highest BCUT2D eigenvalue weighted by atomic mass is 16.5. The SMILES string of the molecule is CCCOc1ccccc1NC(=O)COc1cc(OC)ccc1C(=O)OC. The maximum absolute atomic E-state index is 12.3. The van der Waals surface area contributed by atoms with Crippen LogP contribution < -0.4 is 19.5 Å².